The molecule has 0 aliphatic carbocycles. The minimum Gasteiger partial charge on any atom is -0.314 e. The number of ketones is 2. The number of carbonyl (C=O) groups is 4. The smallest absolute Gasteiger partial charge is 0.238 e. The van der Waals surface area contributed by atoms with Crippen molar-refractivity contribution in [3.05, 3.63) is 94.5 Å². The zero-order chi connectivity index (χ0) is 24.1. The molecule has 1 unspecified atom stereocenters. The van der Waals surface area contributed by atoms with E-state index in [0.717, 1.165) is 0 Å². The lowest BCUT2D eigenvalue weighted by Crippen LogP contribution is -2.52. The van der Waals surface area contributed by atoms with Crippen LogP contribution >= 0.6 is 11.6 Å². The van der Waals surface area contributed by atoms with Gasteiger partial charge in [-0.1, -0.05) is 48.0 Å². The largest absolute Gasteiger partial charge is 0.314 e. The Bertz CT molecular complexity index is 1270. The lowest BCUT2D eigenvalue weighted by molar-refractivity contribution is -0.124. The summed E-state index contributed by atoms with van der Waals surface area (Å²) in [5.41, 5.74) is 2.32. The van der Waals surface area contributed by atoms with E-state index in [1.54, 1.807) is 86.9 Å². The zero-order valence-electron chi connectivity index (χ0n) is 18.6. The highest BCUT2D eigenvalue weighted by molar-refractivity contribution is 6.30. The maximum Gasteiger partial charge on any atom is 0.238 e. The zero-order valence-corrected chi connectivity index (χ0v) is 19.3. The highest BCUT2D eigenvalue weighted by Gasteiger charge is 2.52. The number of para-hydroxylation sites is 2. The molecule has 3 atom stereocenters. The molecule has 6 nitrogen and oxygen atoms in total. The van der Waals surface area contributed by atoms with Gasteiger partial charge in [-0.15, -0.1) is 0 Å². The van der Waals surface area contributed by atoms with Gasteiger partial charge in [0.05, 0.1) is 11.4 Å². The Hall–Kier alpha value is -3.77. The van der Waals surface area contributed by atoms with E-state index in [2.05, 4.69) is 0 Å². The Morgan fingerprint density at radius 2 is 1.06 bits per heavy atom. The van der Waals surface area contributed by atoms with Crippen LogP contribution in [0.15, 0.2) is 72.8 Å². The highest BCUT2D eigenvalue weighted by atomic mass is 35.5. The van der Waals surface area contributed by atoms with E-state index < -0.39 is 41.1 Å². The second-order valence-electron chi connectivity index (χ2n) is 8.59. The summed E-state index contributed by atoms with van der Waals surface area (Å²) in [5.74, 6) is -5.18. The van der Waals surface area contributed by atoms with Crippen molar-refractivity contribution in [3.8, 4) is 0 Å². The van der Waals surface area contributed by atoms with Crippen LogP contribution in [0.25, 0.3) is 0 Å². The number of benzene rings is 3. The fourth-order valence-electron chi connectivity index (χ4n) is 5.06. The Labute approximate surface area is 201 Å². The maximum atomic E-state index is 13.7. The second kappa shape index (κ2) is 8.22. The third-order valence-electron chi connectivity index (χ3n) is 6.79. The first-order valence-electron chi connectivity index (χ1n) is 10.9. The van der Waals surface area contributed by atoms with Crippen LogP contribution in [-0.2, 0) is 9.59 Å². The SMILES string of the molecule is CN1C(=O)[C@H](C(c2ccc(Cl)cc2)[C@H]2C(=O)c3ccccc3N(C)C2=O)C(=O)c2ccccc21. The van der Waals surface area contributed by atoms with E-state index in [0.29, 0.717) is 33.1 Å². The minimum atomic E-state index is -1.24. The van der Waals surface area contributed by atoms with Gasteiger partial charge < -0.3 is 9.80 Å². The molecule has 2 amide bonds. The fourth-order valence-corrected chi connectivity index (χ4v) is 5.18. The molecule has 2 aliphatic rings. The molecular formula is C27H21ClN2O4. The predicted octanol–water partition coefficient (Wildman–Crippen LogP) is 4.37. The summed E-state index contributed by atoms with van der Waals surface area (Å²) in [6.07, 6.45) is 0. The molecule has 34 heavy (non-hydrogen) atoms. The van der Waals surface area contributed by atoms with E-state index >= 15 is 0 Å². The molecule has 5 rings (SSSR count). The van der Waals surface area contributed by atoms with E-state index in [4.69, 9.17) is 11.6 Å². The van der Waals surface area contributed by atoms with Gasteiger partial charge in [-0.25, -0.2) is 0 Å². The summed E-state index contributed by atoms with van der Waals surface area (Å²) >= 11 is 6.10. The summed E-state index contributed by atoms with van der Waals surface area (Å²) in [6, 6.07) is 20.3. The van der Waals surface area contributed by atoms with Crippen molar-refractivity contribution >= 4 is 46.4 Å². The molecule has 0 saturated carbocycles. The van der Waals surface area contributed by atoms with Crippen molar-refractivity contribution in [2.45, 2.75) is 5.92 Å². The number of amides is 2. The van der Waals surface area contributed by atoms with Crippen LogP contribution in [0.5, 0.6) is 0 Å². The monoisotopic (exact) mass is 472 g/mol. The predicted molar refractivity (Wildman–Crippen MR) is 130 cm³/mol. The number of halogens is 1. The number of carbonyl (C=O) groups excluding carboxylic acids is 4. The molecule has 0 bridgehead atoms. The summed E-state index contributed by atoms with van der Waals surface area (Å²) < 4.78 is 0. The molecule has 7 heteroatoms. The third kappa shape index (κ3) is 3.25. The first-order valence-corrected chi connectivity index (χ1v) is 11.3. The van der Waals surface area contributed by atoms with Crippen LogP contribution in [-0.4, -0.2) is 37.5 Å². The Kier molecular flexibility index (Phi) is 5.33. The van der Waals surface area contributed by atoms with Crippen molar-refractivity contribution < 1.29 is 19.2 Å². The topological polar surface area (TPSA) is 74.8 Å². The van der Waals surface area contributed by atoms with Crippen molar-refractivity contribution in [3.63, 3.8) is 0 Å². The number of Topliss-reactive ketones (excluding diaryl/α,β-unsaturated/α-hetero) is 2. The van der Waals surface area contributed by atoms with Crippen LogP contribution in [0.2, 0.25) is 5.02 Å². The van der Waals surface area contributed by atoms with Crippen LogP contribution in [0.1, 0.15) is 32.2 Å². The normalized spacial score (nSPS) is 20.8. The van der Waals surface area contributed by atoms with Crippen molar-refractivity contribution in [1.29, 1.82) is 0 Å². The van der Waals surface area contributed by atoms with Crippen molar-refractivity contribution in [1.82, 2.24) is 0 Å². The van der Waals surface area contributed by atoms with Gasteiger partial charge in [0.2, 0.25) is 11.8 Å². The molecule has 3 aromatic rings. The number of anilines is 2. The molecule has 0 N–H and O–H groups in total. The number of fused-ring (bicyclic) bond motifs is 2. The average molecular weight is 473 g/mol. The molecule has 0 fully saturated rings. The number of hydrogen-bond acceptors (Lipinski definition) is 4. The van der Waals surface area contributed by atoms with Crippen molar-refractivity contribution in [2.75, 3.05) is 23.9 Å². The van der Waals surface area contributed by atoms with Gasteiger partial charge >= 0.3 is 0 Å². The van der Waals surface area contributed by atoms with Gasteiger partial charge in [0, 0.05) is 36.2 Å². The molecule has 170 valence electrons. The van der Waals surface area contributed by atoms with Crippen molar-refractivity contribution in [2.24, 2.45) is 11.8 Å². The molecule has 2 heterocycles. The lowest BCUT2D eigenvalue weighted by atomic mass is 9.68. The van der Waals surface area contributed by atoms with Crippen LogP contribution < -0.4 is 9.80 Å². The van der Waals surface area contributed by atoms with Gasteiger partial charge in [0.25, 0.3) is 0 Å². The summed E-state index contributed by atoms with van der Waals surface area (Å²) in [5, 5.41) is 0.468. The van der Waals surface area contributed by atoms with Gasteiger partial charge in [-0.05, 0) is 42.0 Å². The molecular weight excluding hydrogens is 452 g/mol. The fraction of sp³-hybridized carbons (Fsp3) is 0.185. The molecule has 0 spiro atoms. The van der Waals surface area contributed by atoms with E-state index in [-0.39, 0.29) is 0 Å². The average Bonchev–Trinajstić information content (AvgIpc) is 2.86. The number of rotatable bonds is 3. The summed E-state index contributed by atoms with van der Waals surface area (Å²) in [6.45, 7) is 0. The molecule has 0 saturated heterocycles. The lowest BCUT2D eigenvalue weighted by Gasteiger charge is -2.40. The van der Waals surface area contributed by atoms with Gasteiger partial charge in [0.15, 0.2) is 11.6 Å². The molecule has 3 aromatic carbocycles. The third-order valence-corrected chi connectivity index (χ3v) is 7.05. The molecule has 0 radical (unpaired) electrons. The maximum absolute atomic E-state index is 13.7. The number of nitrogens with zero attached hydrogens (tertiary/aromatic N) is 2. The number of hydrogen-bond donors (Lipinski definition) is 0. The van der Waals surface area contributed by atoms with Crippen LogP contribution in [0.4, 0.5) is 11.4 Å². The Morgan fingerprint density at radius 1 is 0.647 bits per heavy atom. The van der Waals surface area contributed by atoms with Crippen LogP contribution in [0, 0.1) is 11.8 Å². The van der Waals surface area contributed by atoms with E-state index in [9.17, 15) is 19.2 Å². The highest BCUT2D eigenvalue weighted by Crippen LogP contribution is 2.45. The van der Waals surface area contributed by atoms with Gasteiger partial charge in [-0.3, -0.25) is 19.2 Å². The Balaban J connectivity index is 1.71. The quantitative estimate of drug-likeness (QED) is 0.530. The van der Waals surface area contributed by atoms with Gasteiger partial charge in [-0.2, -0.15) is 0 Å². The molecule has 0 aromatic heterocycles. The standard InChI is InChI=1S/C27H21ClN2O4/c1-29-19-9-5-3-7-17(19)24(31)22(26(29)33)21(15-11-13-16(28)14-12-15)23-25(32)18-8-4-6-10-20(18)30(2)27(23)34/h3-14,21-23H,1-2H3/t21?,22-,23+. The van der Waals surface area contributed by atoms with Crippen LogP contribution in [0.3, 0.4) is 0 Å². The first-order chi connectivity index (χ1) is 16.3. The molecule has 2 aliphatic heterocycles. The van der Waals surface area contributed by atoms with E-state index in [1.165, 1.54) is 9.80 Å². The van der Waals surface area contributed by atoms with E-state index in [1.807, 2.05) is 0 Å². The Morgan fingerprint density at radius 3 is 1.50 bits per heavy atom. The first kappa shape index (κ1) is 22.0. The summed E-state index contributed by atoms with van der Waals surface area (Å²) in [4.78, 5) is 57.5. The second-order valence-corrected chi connectivity index (χ2v) is 9.03. The minimum absolute atomic E-state index is 0.387. The summed E-state index contributed by atoms with van der Waals surface area (Å²) in [7, 11) is 3.21. The van der Waals surface area contributed by atoms with Gasteiger partial charge in [0.1, 0.15) is 11.8 Å².